The third-order valence-electron chi connectivity index (χ3n) is 7.36. The lowest BCUT2D eigenvalue weighted by molar-refractivity contribution is -0.147. The lowest BCUT2D eigenvalue weighted by Gasteiger charge is -2.32. The molecule has 0 aliphatic heterocycles. The molecule has 3 aromatic rings. The van der Waals surface area contributed by atoms with E-state index in [4.69, 9.17) is 0 Å². The molecule has 4 rings (SSSR count). The molecule has 0 spiro atoms. The number of hydrogen-bond acceptors (Lipinski definition) is 3. The summed E-state index contributed by atoms with van der Waals surface area (Å²) in [4.78, 5) is 40.9. The van der Waals surface area contributed by atoms with E-state index in [9.17, 15) is 24.6 Å². The molecule has 2 unspecified atom stereocenters. The number of para-hydroxylation sites is 1. The zero-order chi connectivity index (χ0) is 24.8. The van der Waals surface area contributed by atoms with Crippen molar-refractivity contribution in [2.24, 2.45) is 11.3 Å². The molecule has 1 amide bonds. The number of hydrogen-bond donors (Lipinski definition) is 4. The van der Waals surface area contributed by atoms with Crippen molar-refractivity contribution >= 4 is 28.7 Å². The number of carboxylic acids is 2. The van der Waals surface area contributed by atoms with Crippen LogP contribution < -0.4 is 5.32 Å². The second kappa shape index (κ2) is 10.8. The summed E-state index contributed by atoms with van der Waals surface area (Å²) in [7, 11) is 0. The first kappa shape index (κ1) is 24.5. The third kappa shape index (κ3) is 5.73. The summed E-state index contributed by atoms with van der Waals surface area (Å²) >= 11 is 0. The van der Waals surface area contributed by atoms with Crippen LogP contribution >= 0.6 is 0 Å². The summed E-state index contributed by atoms with van der Waals surface area (Å²) in [5.41, 5.74) is 1.94. The molecule has 1 heterocycles. The number of H-pyrrole nitrogens is 1. The first-order chi connectivity index (χ1) is 16.9. The van der Waals surface area contributed by atoms with Crippen LogP contribution in [0.15, 0.2) is 60.8 Å². The van der Waals surface area contributed by atoms with E-state index >= 15 is 0 Å². The van der Waals surface area contributed by atoms with Gasteiger partial charge in [-0.15, -0.1) is 0 Å². The molecule has 35 heavy (non-hydrogen) atoms. The van der Waals surface area contributed by atoms with E-state index < -0.39 is 29.3 Å². The van der Waals surface area contributed by atoms with E-state index in [1.54, 1.807) is 6.20 Å². The SMILES string of the molecule is O=C(O)C(CCc1ccccc1)CC1(C(=O)NC(Cc2c[nH]c3ccccc23)C(=O)O)CCCC1. The molecule has 1 saturated carbocycles. The van der Waals surface area contributed by atoms with Crippen LogP contribution in [0.5, 0.6) is 0 Å². The molecule has 2 atom stereocenters. The van der Waals surface area contributed by atoms with Gasteiger partial charge in [0.25, 0.3) is 0 Å². The Hall–Kier alpha value is -3.61. The Morgan fingerprint density at radius 2 is 1.63 bits per heavy atom. The maximum absolute atomic E-state index is 13.5. The van der Waals surface area contributed by atoms with Gasteiger partial charge >= 0.3 is 11.9 Å². The minimum Gasteiger partial charge on any atom is -0.481 e. The van der Waals surface area contributed by atoms with Crippen LogP contribution in [0.4, 0.5) is 0 Å². The summed E-state index contributed by atoms with van der Waals surface area (Å²) in [6.45, 7) is 0. The van der Waals surface area contributed by atoms with Crippen LogP contribution in [0.25, 0.3) is 10.9 Å². The smallest absolute Gasteiger partial charge is 0.326 e. The zero-order valence-electron chi connectivity index (χ0n) is 19.7. The Balaban J connectivity index is 1.48. The van der Waals surface area contributed by atoms with Crippen LogP contribution in [0.3, 0.4) is 0 Å². The highest BCUT2D eigenvalue weighted by molar-refractivity contribution is 5.89. The number of aryl methyl sites for hydroxylation is 1. The van der Waals surface area contributed by atoms with Gasteiger partial charge in [-0.1, -0.05) is 61.4 Å². The summed E-state index contributed by atoms with van der Waals surface area (Å²) in [5.74, 6) is -3.02. The summed E-state index contributed by atoms with van der Waals surface area (Å²) < 4.78 is 0. The van der Waals surface area contributed by atoms with Gasteiger partial charge in [-0.25, -0.2) is 4.79 Å². The van der Waals surface area contributed by atoms with Crippen molar-refractivity contribution in [3.8, 4) is 0 Å². The number of nitrogens with one attached hydrogen (secondary N) is 2. The number of carbonyl (C=O) groups is 3. The van der Waals surface area contributed by atoms with Crippen molar-refractivity contribution in [1.29, 1.82) is 0 Å². The molecular formula is C28H32N2O5. The van der Waals surface area contributed by atoms with Crippen molar-refractivity contribution in [2.45, 2.75) is 57.4 Å². The Morgan fingerprint density at radius 3 is 2.31 bits per heavy atom. The molecule has 0 bridgehead atoms. The molecule has 4 N–H and O–H groups in total. The number of rotatable bonds is 11. The molecule has 7 heteroatoms. The predicted octanol–water partition coefficient (Wildman–Crippen LogP) is 4.56. The molecular weight excluding hydrogens is 444 g/mol. The fraction of sp³-hybridized carbons (Fsp3) is 0.393. The Morgan fingerprint density at radius 1 is 0.943 bits per heavy atom. The fourth-order valence-corrected chi connectivity index (χ4v) is 5.38. The number of aromatic nitrogens is 1. The van der Waals surface area contributed by atoms with Crippen LogP contribution in [0.2, 0.25) is 0 Å². The average molecular weight is 477 g/mol. The number of carbonyl (C=O) groups excluding carboxylic acids is 1. The average Bonchev–Trinajstić information content (AvgIpc) is 3.50. The molecule has 1 aliphatic carbocycles. The fourth-order valence-electron chi connectivity index (χ4n) is 5.38. The first-order valence-electron chi connectivity index (χ1n) is 12.2. The van der Waals surface area contributed by atoms with E-state index in [1.165, 1.54) is 0 Å². The number of aromatic amines is 1. The van der Waals surface area contributed by atoms with Gasteiger partial charge in [-0.3, -0.25) is 9.59 Å². The highest BCUT2D eigenvalue weighted by Gasteiger charge is 2.45. The van der Waals surface area contributed by atoms with Crippen molar-refractivity contribution in [3.05, 3.63) is 71.9 Å². The lowest BCUT2D eigenvalue weighted by atomic mass is 9.75. The van der Waals surface area contributed by atoms with Gasteiger partial charge in [0.15, 0.2) is 0 Å². The topological polar surface area (TPSA) is 119 Å². The first-order valence-corrected chi connectivity index (χ1v) is 12.2. The van der Waals surface area contributed by atoms with Crippen molar-refractivity contribution in [1.82, 2.24) is 10.3 Å². The van der Waals surface area contributed by atoms with Gasteiger partial charge in [-0.2, -0.15) is 0 Å². The summed E-state index contributed by atoms with van der Waals surface area (Å²) in [6, 6.07) is 16.3. The second-order valence-corrected chi connectivity index (χ2v) is 9.68. The molecule has 0 saturated heterocycles. The molecule has 1 fully saturated rings. The maximum atomic E-state index is 13.5. The zero-order valence-corrected chi connectivity index (χ0v) is 19.7. The van der Waals surface area contributed by atoms with Gasteiger partial charge in [-0.05, 0) is 49.3 Å². The highest BCUT2D eigenvalue weighted by atomic mass is 16.4. The van der Waals surface area contributed by atoms with E-state index in [1.807, 2.05) is 54.6 Å². The minimum atomic E-state index is -1.10. The second-order valence-electron chi connectivity index (χ2n) is 9.68. The quantitative estimate of drug-likeness (QED) is 0.323. The van der Waals surface area contributed by atoms with E-state index in [0.29, 0.717) is 25.7 Å². The number of amides is 1. The summed E-state index contributed by atoms with van der Waals surface area (Å²) in [6.07, 6.45) is 6.03. The Bertz CT molecular complexity index is 1180. The highest BCUT2D eigenvalue weighted by Crippen LogP contribution is 2.44. The molecule has 1 aromatic heterocycles. The number of aliphatic carboxylic acids is 2. The van der Waals surface area contributed by atoms with E-state index in [0.717, 1.165) is 34.9 Å². The lowest BCUT2D eigenvalue weighted by Crippen LogP contribution is -2.49. The van der Waals surface area contributed by atoms with Crippen molar-refractivity contribution in [2.75, 3.05) is 0 Å². The van der Waals surface area contributed by atoms with Gasteiger partial charge < -0.3 is 20.5 Å². The predicted molar refractivity (Wildman–Crippen MR) is 133 cm³/mol. The number of fused-ring (bicyclic) bond motifs is 1. The molecule has 7 nitrogen and oxygen atoms in total. The van der Waals surface area contributed by atoms with Gasteiger partial charge in [0.2, 0.25) is 5.91 Å². The van der Waals surface area contributed by atoms with Crippen LogP contribution in [-0.4, -0.2) is 39.1 Å². The standard InChI is InChI=1S/C28H32N2O5/c31-25(32)20(13-12-19-8-2-1-3-9-19)17-28(14-6-7-15-28)27(35)30-24(26(33)34)16-21-18-29-23-11-5-4-10-22(21)23/h1-5,8-11,18,20,24,29H,6-7,12-17H2,(H,30,35)(H,31,32)(H,33,34). The van der Waals surface area contributed by atoms with Gasteiger partial charge in [0.05, 0.1) is 11.3 Å². The third-order valence-corrected chi connectivity index (χ3v) is 7.36. The number of benzene rings is 2. The maximum Gasteiger partial charge on any atom is 0.326 e. The monoisotopic (exact) mass is 476 g/mol. The number of carboxylic acid groups (broad SMARTS) is 2. The van der Waals surface area contributed by atoms with Crippen LogP contribution in [-0.2, 0) is 27.2 Å². The largest absolute Gasteiger partial charge is 0.481 e. The summed E-state index contributed by atoms with van der Waals surface area (Å²) in [5, 5.41) is 23.5. The normalized spacial score (nSPS) is 16.6. The molecule has 1 aliphatic rings. The van der Waals surface area contributed by atoms with Gasteiger partial charge in [0.1, 0.15) is 6.04 Å². The van der Waals surface area contributed by atoms with Crippen LogP contribution in [0, 0.1) is 11.3 Å². The Labute approximate surface area is 204 Å². The van der Waals surface area contributed by atoms with Gasteiger partial charge in [0, 0.05) is 23.5 Å². The van der Waals surface area contributed by atoms with Crippen molar-refractivity contribution in [3.63, 3.8) is 0 Å². The van der Waals surface area contributed by atoms with E-state index in [2.05, 4.69) is 10.3 Å². The molecule has 0 radical (unpaired) electrons. The molecule has 2 aromatic carbocycles. The Kier molecular flexibility index (Phi) is 7.54. The molecule has 184 valence electrons. The van der Waals surface area contributed by atoms with E-state index in [-0.39, 0.29) is 18.7 Å². The van der Waals surface area contributed by atoms with Crippen LogP contribution in [0.1, 0.15) is 49.7 Å². The van der Waals surface area contributed by atoms with Crippen molar-refractivity contribution < 1.29 is 24.6 Å². The minimum absolute atomic E-state index is 0.150.